The molecule has 0 heterocycles. The summed E-state index contributed by atoms with van der Waals surface area (Å²) in [4.78, 5) is 0.199. The van der Waals surface area contributed by atoms with Crippen molar-refractivity contribution in [2.45, 2.75) is 30.2 Å². The van der Waals surface area contributed by atoms with Gasteiger partial charge in [0.25, 0.3) is 0 Å². The van der Waals surface area contributed by atoms with E-state index in [2.05, 4.69) is 10.1 Å². The lowest BCUT2D eigenvalue weighted by molar-refractivity contribution is 0.383. The number of hydrazine groups is 1. The normalized spacial score (nSPS) is 16.8. The number of nitrogen functional groups attached to an aromatic ring is 1. The van der Waals surface area contributed by atoms with Gasteiger partial charge in [0, 0.05) is 6.04 Å². The Balaban J connectivity index is 2.27. The average molecular weight is 241 g/mol. The number of hydrogen-bond donors (Lipinski definition) is 3. The van der Waals surface area contributed by atoms with E-state index < -0.39 is 10.0 Å². The second kappa shape index (κ2) is 4.40. The molecule has 1 aliphatic carbocycles. The number of para-hydroxylation sites is 1. The SMILES string of the molecule is NNc1ccccc1S(=O)(=O)NC1CCC1. The molecule has 0 amide bonds. The second-order valence-electron chi connectivity index (χ2n) is 3.89. The molecule has 16 heavy (non-hydrogen) atoms. The summed E-state index contributed by atoms with van der Waals surface area (Å²) in [6.07, 6.45) is 2.92. The molecule has 0 unspecified atom stereocenters. The highest BCUT2D eigenvalue weighted by Gasteiger charge is 2.25. The Morgan fingerprint density at radius 2 is 1.94 bits per heavy atom. The first-order valence-electron chi connectivity index (χ1n) is 5.21. The fraction of sp³-hybridized carbons (Fsp3) is 0.400. The van der Waals surface area contributed by atoms with Crippen molar-refractivity contribution in [3.8, 4) is 0 Å². The number of anilines is 1. The molecule has 6 heteroatoms. The smallest absolute Gasteiger partial charge is 0.242 e. The first-order chi connectivity index (χ1) is 7.63. The monoisotopic (exact) mass is 241 g/mol. The summed E-state index contributed by atoms with van der Waals surface area (Å²) >= 11 is 0. The van der Waals surface area contributed by atoms with Gasteiger partial charge in [0.05, 0.1) is 5.69 Å². The summed E-state index contributed by atoms with van der Waals surface area (Å²) in [5.74, 6) is 5.28. The number of sulfonamides is 1. The van der Waals surface area contributed by atoms with Crippen LogP contribution in [0.1, 0.15) is 19.3 Å². The molecule has 4 N–H and O–H groups in total. The third kappa shape index (κ3) is 2.18. The van der Waals surface area contributed by atoms with Crippen LogP contribution >= 0.6 is 0 Å². The molecule has 1 fully saturated rings. The van der Waals surface area contributed by atoms with Gasteiger partial charge in [0.1, 0.15) is 4.90 Å². The number of hydrogen-bond acceptors (Lipinski definition) is 4. The summed E-state index contributed by atoms with van der Waals surface area (Å²) in [5.41, 5.74) is 2.80. The van der Waals surface area contributed by atoms with Crippen LogP contribution in [-0.4, -0.2) is 14.5 Å². The molecule has 0 saturated heterocycles. The van der Waals surface area contributed by atoms with Gasteiger partial charge in [-0.05, 0) is 25.0 Å². The standard InChI is InChI=1S/C10H15N3O2S/c11-12-9-6-1-2-7-10(9)16(14,15)13-8-4-3-5-8/h1-2,6-8,12-13H,3-5,11H2. The number of nitrogens with two attached hydrogens (primary N) is 1. The zero-order valence-corrected chi connectivity index (χ0v) is 9.63. The maximum absolute atomic E-state index is 12.0. The lowest BCUT2D eigenvalue weighted by Crippen LogP contribution is -2.39. The van der Waals surface area contributed by atoms with E-state index in [9.17, 15) is 8.42 Å². The summed E-state index contributed by atoms with van der Waals surface area (Å²) in [5, 5.41) is 0. The molecule has 2 rings (SSSR count). The predicted octanol–water partition coefficient (Wildman–Crippen LogP) is 0.803. The van der Waals surface area contributed by atoms with Crippen molar-refractivity contribution in [3.63, 3.8) is 0 Å². The molecular formula is C10H15N3O2S. The van der Waals surface area contributed by atoms with Gasteiger partial charge in [0.15, 0.2) is 0 Å². The minimum Gasteiger partial charge on any atom is -0.323 e. The van der Waals surface area contributed by atoms with Gasteiger partial charge in [-0.1, -0.05) is 18.6 Å². The Morgan fingerprint density at radius 3 is 2.50 bits per heavy atom. The van der Waals surface area contributed by atoms with Crippen LogP contribution < -0.4 is 16.0 Å². The van der Waals surface area contributed by atoms with Crippen LogP contribution in [0.15, 0.2) is 29.2 Å². The molecule has 0 bridgehead atoms. The summed E-state index contributed by atoms with van der Waals surface area (Å²) < 4.78 is 26.7. The predicted molar refractivity (Wildman–Crippen MR) is 62.2 cm³/mol. The van der Waals surface area contributed by atoms with Crippen LogP contribution in [-0.2, 0) is 10.0 Å². The van der Waals surface area contributed by atoms with Crippen molar-refractivity contribution in [2.24, 2.45) is 5.84 Å². The number of nitrogens with one attached hydrogen (secondary N) is 2. The number of benzene rings is 1. The Hall–Kier alpha value is -1.11. The van der Waals surface area contributed by atoms with Gasteiger partial charge in [-0.3, -0.25) is 5.84 Å². The van der Waals surface area contributed by atoms with Gasteiger partial charge in [-0.25, -0.2) is 13.1 Å². The first-order valence-corrected chi connectivity index (χ1v) is 6.70. The van der Waals surface area contributed by atoms with Gasteiger partial charge in [-0.15, -0.1) is 0 Å². The maximum Gasteiger partial charge on any atom is 0.242 e. The summed E-state index contributed by atoms with van der Waals surface area (Å²) in [6.45, 7) is 0. The van der Waals surface area contributed by atoms with Crippen LogP contribution in [0, 0.1) is 0 Å². The molecule has 1 aliphatic rings. The molecule has 1 aromatic carbocycles. The minimum atomic E-state index is -3.46. The van der Waals surface area contributed by atoms with Gasteiger partial charge in [-0.2, -0.15) is 0 Å². The van der Waals surface area contributed by atoms with Crippen molar-refractivity contribution in [1.82, 2.24) is 4.72 Å². The highest BCUT2D eigenvalue weighted by Crippen LogP contribution is 2.24. The quantitative estimate of drug-likeness (QED) is 0.538. The lowest BCUT2D eigenvalue weighted by atomic mass is 9.94. The van der Waals surface area contributed by atoms with Crippen LogP contribution in [0.5, 0.6) is 0 Å². The van der Waals surface area contributed by atoms with E-state index in [0.29, 0.717) is 5.69 Å². The van der Waals surface area contributed by atoms with E-state index >= 15 is 0 Å². The van der Waals surface area contributed by atoms with E-state index in [4.69, 9.17) is 5.84 Å². The highest BCUT2D eigenvalue weighted by atomic mass is 32.2. The van der Waals surface area contributed by atoms with Gasteiger partial charge in [0.2, 0.25) is 10.0 Å². The fourth-order valence-corrected chi connectivity index (χ4v) is 3.10. The van der Waals surface area contributed by atoms with E-state index in [1.807, 2.05) is 0 Å². The Kier molecular flexibility index (Phi) is 3.13. The Morgan fingerprint density at radius 1 is 1.25 bits per heavy atom. The molecule has 0 atom stereocenters. The largest absolute Gasteiger partial charge is 0.323 e. The summed E-state index contributed by atoms with van der Waals surface area (Å²) in [6, 6.07) is 6.66. The summed E-state index contributed by atoms with van der Waals surface area (Å²) in [7, 11) is -3.46. The molecule has 1 aromatic rings. The molecule has 0 spiro atoms. The van der Waals surface area contributed by atoms with Crippen LogP contribution in [0.2, 0.25) is 0 Å². The van der Waals surface area contributed by atoms with E-state index in [1.165, 1.54) is 6.07 Å². The fourth-order valence-electron chi connectivity index (χ4n) is 1.63. The second-order valence-corrected chi connectivity index (χ2v) is 5.57. The van der Waals surface area contributed by atoms with E-state index in [-0.39, 0.29) is 10.9 Å². The van der Waals surface area contributed by atoms with Crippen molar-refractivity contribution >= 4 is 15.7 Å². The zero-order chi connectivity index (χ0) is 11.6. The lowest BCUT2D eigenvalue weighted by Gasteiger charge is -2.26. The minimum absolute atomic E-state index is 0.0795. The molecule has 88 valence electrons. The Bertz CT molecular complexity index is 469. The van der Waals surface area contributed by atoms with Gasteiger partial charge >= 0.3 is 0 Å². The molecular weight excluding hydrogens is 226 g/mol. The number of rotatable bonds is 4. The first kappa shape index (κ1) is 11.4. The van der Waals surface area contributed by atoms with Crippen molar-refractivity contribution < 1.29 is 8.42 Å². The molecule has 0 radical (unpaired) electrons. The molecule has 0 aliphatic heterocycles. The van der Waals surface area contributed by atoms with Crippen molar-refractivity contribution in [3.05, 3.63) is 24.3 Å². The van der Waals surface area contributed by atoms with Crippen LogP contribution in [0.4, 0.5) is 5.69 Å². The highest BCUT2D eigenvalue weighted by molar-refractivity contribution is 7.89. The van der Waals surface area contributed by atoms with Crippen molar-refractivity contribution in [1.29, 1.82) is 0 Å². The van der Waals surface area contributed by atoms with E-state index in [1.54, 1.807) is 18.2 Å². The third-order valence-electron chi connectivity index (χ3n) is 2.76. The molecule has 0 aromatic heterocycles. The topological polar surface area (TPSA) is 84.2 Å². The van der Waals surface area contributed by atoms with Crippen molar-refractivity contribution in [2.75, 3.05) is 5.43 Å². The molecule has 5 nitrogen and oxygen atoms in total. The third-order valence-corrected chi connectivity index (χ3v) is 4.34. The molecule has 1 saturated carbocycles. The average Bonchev–Trinajstić information content (AvgIpc) is 2.24. The van der Waals surface area contributed by atoms with Crippen LogP contribution in [0.3, 0.4) is 0 Å². The maximum atomic E-state index is 12.0. The zero-order valence-electron chi connectivity index (χ0n) is 8.81. The van der Waals surface area contributed by atoms with E-state index in [0.717, 1.165) is 19.3 Å². The Labute approximate surface area is 95.1 Å². The van der Waals surface area contributed by atoms with Gasteiger partial charge < -0.3 is 5.43 Å². The van der Waals surface area contributed by atoms with Crippen LogP contribution in [0.25, 0.3) is 0 Å².